The van der Waals surface area contributed by atoms with Gasteiger partial charge in [-0.15, -0.1) is 17.9 Å². The molecule has 182 valence electrons. The van der Waals surface area contributed by atoms with Gasteiger partial charge in [-0.25, -0.2) is 0 Å². The van der Waals surface area contributed by atoms with Crippen LogP contribution in [0.5, 0.6) is 5.75 Å². The molecule has 2 amide bonds. The van der Waals surface area contributed by atoms with Gasteiger partial charge in [0.25, 0.3) is 0 Å². The maximum atomic E-state index is 13.5. The smallest absolute Gasteiger partial charge is 0.242 e. The normalized spacial score (nSPS) is 18.1. The van der Waals surface area contributed by atoms with Gasteiger partial charge in [-0.2, -0.15) is 0 Å². The number of carbonyl (C=O) groups is 2. The topological polar surface area (TPSA) is 49.9 Å². The van der Waals surface area contributed by atoms with E-state index in [1.807, 2.05) is 17.0 Å². The SMILES string of the molecule is C=CCN(CC(=O)N1CCc2sccc2[C@H]1COc1ccc(C(C)C)cc1)C(=O)C1CCCC1. The average molecular weight is 481 g/mol. The third-order valence-electron chi connectivity index (χ3n) is 7.06. The molecule has 6 heteroatoms. The molecule has 0 N–H and O–H groups in total. The van der Waals surface area contributed by atoms with Crippen LogP contribution in [0.3, 0.4) is 0 Å². The first-order valence-electron chi connectivity index (χ1n) is 12.5. The second-order valence-electron chi connectivity index (χ2n) is 9.68. The minimum absolute atomic E-state index is 0.0196. The van der Waals surface area contributed by atoms with Crippen LogP contribution in [0.15, 0.2) is 48.4 Å². The van der Waals surface area contributed by atoms with E-state index in [1.165, 1.54) is 16.0 Å². The van der Waals surface area contributed by atoms with E-state index >= 15 is 0 Å². The lowest BCUT2D eigenvalue weighted by atomic mass is 10.00. The van der Waals surface area contributed by atoms with Gasteiger partial charge < -0.3 is 14.5 Å². The molecule has 0 spiro atoms. The van der Waals surface area contributed by atoms with Crippen LogP contribution in [0.2, 0.25) is 0 Å². The van der Waals surface area contributed by atoms with Crippen LogP contribution >= 0.6 is 11.3 Å². The summed E-state index contributed by atoms with van der Waals surface area (Å²) < 4.78 is 6.18. The molecular formula is C28H36N2O3S. The Morgan fingerprint density at radius 2 is 1.94 bits per heavy atom. The Morgan fingerprint density at radius 1 is 1.21 bits per heavy atom. The number of rotatable bonds is 9. The van der Waals surface area contributed by atoms with Gasteiger partial charge in [-0.05, 0) is 59.9 Å². The third kappa shape index (κ3) is 5.54. The summed E-state index contributed by atoms with van der Waals surface area (Å²) in [6.45, 7) is 9.70. The first-order chi connectivity index (χ1) is 16.5. The average Bonchev–Trinajstić information content (AvgIpc) is 3.54. The molecule has 0 unspecified atom stereocenters. The molecular weight excluding hydrogens is 444 g/mol. The van der Waals surface area contributed by atoms with Crippen LogP contribution in [0.1, 0.15) is 67.5 Å². The van der Waals surface area contributed by atoms with Gasteiger partial charge in [0.2, 0.25) is 11.8 Å². The highest BCUT2D eigenvalue weighted by atomic mass is 32.1. The number of thiophene rings is 1. The van der Waals surface area contributed by atoms with Gasteiger partial charge in [0.1, 0.15) is 18.9 Å². The van der Waals surface area contributed by atoms with E-state index in [0.29, 0.717) is 25.6 Å². The van der Waals surface area contributed by atoms with Gasteiger partial charge in [-0.3, -0.25) is 9.59 Å². The zero-order valence-electron chi connectivity index (χ0n) is 20.4. The number of benzene rings is 1. The van der Waals surface area contributed by atoms with Crippen molar-refractivity contribution in [2.45, 2.75) is 57.9 Å². The number of ether oxygens (including phenoxy) is 1. The largest absolute Gasteiger partial charge is 0.491 e. The van der Waals surface area contributed by atoms with Gasteiger partial charge in [0, 0.05) is 23.9 Å². The number of amides is 2. The van der Waals surface area contributed by atoms with Crippen molar-refractivity contribution in [2.75, 3.05) is 26.2 Å². The molecule has 1 aliphatic heterocycles. The molecule has 1 aromatic heterocycles. The van der Waals surface area contributed by atoms with E-state index in [0.717, 1.165) is 37.9 Å². The Labute approximate surface area is 207 Å². The summed E-state index contributed by atoms with van der Waals surface area (Å²) in [5.41, 5.74) is 2.44. The van der Waals surface area contributed by atoms with Crippen molar-refractivity contribution in [1.82, 2.24) is 9.80 Å². The van der Waals surface area contributed by atoms with Crippen molar-refractivity contribution in [3.8, 4) is 5.75 Å². The third-order valence-corrected chi connectivity index (χ3v) is 8.06. The van der Waals surface area contributed by atoms with E-state index in [4.69, 9.17) is 4.74 Å². The Bertz CT molecular complexity index is 991. The minimum atomic E-state index is -0.153. The molecule has 0 bridgehead atoms. The molecule has 1 aromatic carbocycles. The fraction of sp³-hybridized carbons (Fsp3) is 0.500. The summed E-state index contributed by atoms with van der Waals surface area (Å²) in [6, 6.07) is 10.2. The summed E-state index contributed by atoms with van der Waals surface area (Å²) in [4.78, 5) is 31.5. The summed E-state index contributed by atoms with van der Waals surface area (Å²) >= 11 is 1.74. The van der Waals surface area contributed by atoms with Crippen LogP contribution in [0.4, 0.5) is 0 Å². The monoisotopic (exact) mass is 480 g/mol. The molecule has 1 saturated carbocycles. The van der Waals surface area contributed by atoms with Crippen molar-refractivity contribution in [1.29, 1.82) is 0 Å². The zero-order chi connectivity index (χ0) is 24.1. The van der Waals surface area contributed by atoms with Gasteiger partial charge in [0.15, 0.2) is 0 Å². The quantitative estimate of drug-likeness (QED) is 0.440. The summed E-state index contributed by atoms with van der Waals surface area (Å²) in [5, 5.41) is 2.09. The first kappa shape index (κ1) is 24.5. The standard InChI is InChI=1S/C28H36N2O3S/c1-4-15-29(28(32)22-7-5-6-8-22)18-27(31)30-16-13-26-24(14-17-34-26)25(30)19-33-23-11-9-21(10-12-23)20(2)3/h4,9-12,14,17,20,22,25H,1,5-8,13,15-16,18-19H2,2-3H3/t25-/m1/s1. The maximum absolute atomic E-state index is 13.5. The maximum Gasteiger partial charge on any atom is 0.242 e. The first-order valence-corrected chi connectivity index (χ1v) is 13.3. The molecule has 1 aliphatic carbocycles. The fourth-order valence-electron chi connectivity index (χ4n) is 5.07. The van der Waals surface area contributed by atoms with Gasteiger partial charge >= 0.3 is 0 Å². The fourth-order valence-corrected chi connectivity index (χ4v) is 6.00. The predicted molar refractivity (Wildman–Crippen MR) is 137 cm³/mol. The Kier molecular flexibility index (Phi) is 8.09. The number of nitrogens with zero attached hydrogens (tertiary/aromatic N) is 2. The molecule has 2 aromatic rings. The van der Waals surface area contributed by atoms with Crippen molar-refractivity contribution < 1.29 is 14.3 Å². The lowest BCUT2D eigenvalue weighted by Gasteiger charge is -2.37. The Balaban J connectivity index is 1.47. The summed E-state index contributed by atoms with van der Waals surface area (Å²) in [7, 11) is 0. The van der Waals surface area contributed by atoms with E-state index in [2.05, 4.69) is 44.0 Å². The van der Waals surface area contributed by atoms with Crippen LogP contribution < -0.4 is 4.74 Å². The van der Waals surface area contributed by atoms with E-state index in [1.54, 1.807) is 22.3 Å². The number of fused-ring (bicyclic) bond motifs is 1. The molecule has 1 atom stereocenters. The highest BCUT2D eigenvalue weighted by molar-refractivity contribution is 7.10. The van der Waals surface area contributed by atoms with Crippen LogP contribution in [0, 0.1) is 5.92 Å². The minimum Gasteiger partial charge on any atom is -0.491 e. The van der Waals surface area contributed by atoms with Crippen molar-refractivity contribution >= 4 is 23.2 Å². The van der Waals surface area contributed by atoms with Crippen molar-refractivity contribution in [2.24, 2.45) is 5.92 Å². The molecule has 5 nitrogen and oxygen atoms in total. The van der Waals surface area contributed by atoms with E-state index < -0.39 is 0 Å². The predicted octanol–water partition coefficient (Wildman–Crippen LogP) is 5.58. The zero-order valence-corrected chi connectivity index (χ0v) is 21.2. The Hall–Kier alpha value is -2.60. The number of hydrogen-bond acceptors (Lipinski definition) is 4. The van der Waals surface area contributed by atoms with E-state index in [-0.39, 0.29) is 30.3 Å². The van der Waals surface area contributed by atoms with Gasteiger partial charge in [0.05, 0.1) is 6.04 Å². The number of carbonyl (C=O) groups excluding carboxylic acids is 2. The lowest BCUT2D eigenvalue weighted by Crippen LogP contribution is -2.48. The molecule has 2 heterocycles. The summed E-state index contributed by atoms with van der Waals surface area (Å²) in [5.74, 6) is 1.40. The summed E-state index contributed by atoms with van der Waals surface area (Å²) in [6.07, 6.45) is 6.60. The van der Waals surface area contributed by atoms with Gasteiger partial charge in [-0.1, -0.05) is 44.9 Å². The molecule has 1 fully saturated rings. The molecule has 4 rings (SSSR count). The highest BCUT2D eigenvalue weighted by Gasteiger charge is 2.34. The highest BCUT2D eigenvalue weighted by Crippen LogP contribution is 2.34. The van der Waals surface area contributed by atoms with Crippen molar-refractivity contribution in [3.05, 3.63) is 64.4 Å². The molecule has 34 heavy (non-hydrogen) atoms. The van der Waals surface area contributed by atoms with Crippen LogP contribution in [0.25, 0.3) is 0 Å². The second kappa shape index (κ2) is 11.2. The molecule has 0 saturated heterocycles. The molecule has 0 radical (unpaired) electrons. The lowest BCUT2D eigenvalue weighted by molar-refractivity contribution is -0.144. The number of hydrogen-bond donors (Lipinski definition) is 0. The Morgan fingerprint density at radius 3 is 2.62 bits per heavy atom. The molecule has 2 aliphatic rings. The van der Waals surface area contributed by atoms with E-state index in [9.17, 15) is 9.59 Å². The van der Waals surface area contributed by atoms with Crippen molar-refractivity contribution in [3.63, 3.8) is 0 Å². The second-order valence-corrected chi connectivity index (χ2v) is 10.7. The van der Waals surface area contributed by atoms with Crippen LogP contribution in [-0.4, -0.2) is 47.9 Å². The van der Waals surface area contributed by atoms with Crippen LogP contribution in [-0.2, 0) is 16.0 Å².